The molecule has 0 spiro atoms. The molecule has 0 fully saturated rings. The van der Waals surface area contributed by atoms with Crippen LogP contribution < -0.4 is 10.6 Å². The zero-order valence-corrected chi connectivity index (χ0v) is 17.5. The fourth-order valence-corrected chi connectivity index (χ4v) is 2.99. The summed E-state index contributed by atoms with van der Waals surface area (Å²) < 4.78 is 0. The van der Waals surface area contributed by atoms with E-state index >= 15 is 0 Å². The molecule has 0 saturated carbocycles. The van der Waals surface area contributed by atoms with Crippen LogP contribution in [0.1, 0.15) is 0 Å². The average Bonchev–Trinajstić information content (AvgIpc) is 2.57. The third kappa shape index (κ3) is 11.5. The van der Waals surface area contributed by atoms with E-state index in [-0.39, 0.29) is 32.0 Å². The van der Waals surface area contributed by atoms with Gasteiger partial charge in [-0.3, -0.25) is 0 Å². The van der Waals surface area contributed by atoms with Gasteiger partial charge in [-0.15, -0.1) is 0 Å². The molecule has 5 heteroatoms. The van der Waals surface area contributed by atoms with E-state index in [0.29, 0.717) is 4.88 Å². The fourth-order valence-electron chi connectivity index (χ4n) is 1.45. The minimum absolute atomic E-state index is 0.104. The zero-order valence-electron chi connectivity index (χ0n) is 13.4. The Bertz CT molecular complexity index is 449. The van der Waals surface area contributed by atoms with Crippen molar-refractivity contribution in [3.63, 3.8) is 0 Å². The molecule has 0 bridgehead atoms. The standard InChI is InChI=1S/2C8H11P.CHO.ClH.Rh/c2*1-9(2)8-6-4-3-5-7-8;1-2;;/h2*3-7H,1-2H3;1H;1H;/q;;;;+1/p-1. The quantitative estimate of drug-likeness (QED) is 0.387. The van der Waals surface area contributed by atoms with Crippen molar-refractivity contribution in [1.29, 1.82) is 0 Å². The second-order valence-electron chi connectivity index (χ2n) is 4.61. The fraction of sp³-hybridized carbons (Fsp3) is 0.235. The molecule has 0 atom stereocenters. The van der Waals surface area contributed by atoms with E-state index in [2.05, 4.69) is 87.3 Å². The molecule has 0 aliphatic carbocycles. The Morgan fingerprint density at radius 2 is 1.05 bits per heavy atom. The summed E-state index contributed by atoms with van der Waals surface area (Å²) in [6.07, 6.45) is 0. The van der Waals surface area contributed by atoms with Gasteiger partial charge in [0.25, 0.3) is 0 Å². The van der Waals surface area contributed by atoms with Gasteiger partial charge in [0.1, 0.15) is 0 Å². The van der Waals surface area contributed by atoms with Crippen molar-refractivity contribution < 1.29 is 20.9 Å². The SMILES string of the molecule is CP(C)c1ccccc1.CP(C)c1ccccc1.O=[CH][Rh][Cl]. The Kier molecular flexibility index (Phi) is 14.4. The first kappa shape index (κ1) is 21.9. The van der Waals surface area contributed by atoms with Crippen molar-refractivity contribution >= 4 is 41.0 Å². The van der Waals surface area contributed by atoms with E-state index < -0.39 is 0 Å². The number of benzene rings is 2. The van der Waals surface area contributed by atoms with E-state index in [4.69, 9.17) is 14.5 Å². The Morgan fingerprint density at radius 1 is 0.773 bits per heavy atom. The Labute approximate surface area is 149 Å². The van der Waals surface area contributed by atoms with E-state index in [9.17, 15) is 0 Å². The van der Waals surface area contributed by atoms with Crippen molar-refractivity contribution in [1.82, 2.24) is 0 Å². The number of halogens is 1. The van der Waals surface area contributed by atoms with Gasteiger partial charge >= 0.3 is 35.5 Å². The maximum atomic E-state index is 9.07. The van der Waals surface area contributed by atoms with Gasteiger partial charge < -0.3 is 0 Å². The van der Waals surface area contributed by atoms with Crippen molar-refractivity contribution in [3.05, 3.63) is 60.7 Å². The van der Waals surface area contributed by atoms with E-state index in [1.165, 1.54) is 10.6 Å². The summed E-state index contributed by atoms with van der Waals surface area (Å²) in [7, 11) is 5.10. The van der Waals surface area contributed by atoms with Crippen LogP contribution in [0.25, 0.3) is 0 Å². The van der Waals surface area contributed by atoms with Crippen molar-refractivity contribution in [2.75, 3.05) is 26.7 Å². The van der Waals surface area contributed by atoms with Gasteiger partial charge in [0.05, 0.1) is 0 Å². The molecule has 22 heavy (non-hydrogen) atoms. The summed E-state index contributed by atoms with van der Waals surface area (Å²) in [6.45, 7) is 9.07. The molecule has 0 saturated heterocycles. The van der Waals surface area contributed by atoms with Crippen LogP contribution in [0.15, 0.2) is 60.7 Å². The molecule has 2 aromatic rings. The Hall–Kier alpha value is -0.117. The normalized spacial score (nSPS) is 9.59. The summed E-state index contributed by atoms with van der Waals surface area (Å²) in [5, 5.41) is 2.96. The summed E-state index contributed by atoms with van der Waals surface area (Å²) in [5.41, 5.74) is 0. The Balaban J connectivity index is 0.000000326. The van der Waals surface area contributed by atoms with Gasteiger partial charge in [-0.2, -0.15) is 0 Å². The Morgan fingerprint density at radius 3 is 1.18 bits per heavy atom. The van der Waals surface area contributed by atoms with E-state index in [0.717, 1.165) is 0 Å². The van der Waals surface area contributed by atoms with Crippen LogP contribution in [-0.4, -0.2) is 31.5 Å². The van der Waals surface area contributed by atoms with Crippen molar-refractivity contribution in [2.24, 2.45) is 0 Å². The van der Waals surface area contributed by atoms with Crippen LogP contribution >= 0.6 is 25.5 Å². The average molecular weight is 444 g/mol. The summed E-state index contributed by atoms with van der Waals surface area (Å²) in [5.74, 6) is 0. The van der Waals surface area contributed by atoms with Crippen LogP contribution in [-0.2, 0) is 20.9 Å². The molecule has 1 nitrogen and oxygen atoms in total. The third-order valence-corrected chi connectivity index (χ3v) is 5.73. The molecular weight excluding hydrogens is 420 g/mol. The second-order valence-corrected chi connectivity index (χ2v) is 10.8. The second kappa shape index (κ2) is 14.5. The van der Waals surface area contributed by atoms with Gasteiger partial charge in [0.2, 0.25) is 0 Å². The van der Waals surface area contributed by atoms with Gasteiger partial charge in [-0.1, -0.05) is 76.5 Å². The molecule has 123 valence electrons. The van der Waals surface area contributed by atoms with Crippen molar-refractivity contribution in [3.8, 4) is 0 Å². The van der Waals surface area contributed by atoms with Crippen LogP contribution in [0.3, 0.4) is 0 Å². The molecule has 0 N–H and O–H groups in total. The zero-order chi connectivity index (χ0) is 16.8. The summed E-state index contributed by atoms with van der Waals surface area (Å²) >= 11 is -0.340. The first-order valence-electron chi connectivity index (χ1n) is 6.61. The van der Waals surface area contributed by atoms with Gasteiger partial charge in [0, 0.05) is 0 Å². The first-order valence-corrected chi connectivity index (χ1v) is 14.1. The predicted octanol–water partition coefficient (Wildman–Crippen LogP) is 4.52. The monoisotopic (exact) mass is 443 g/mol. The maximum absolute atomic E-state index is 9.07. The minimum atomic E-state index is -0.340. The van der Waals surface area contributed by atoms with Crippen LogP contribution in [0.5, 0.6) is 0 Å². The molecule has 0 aliphatic rings. The molecular formula is C17H23ClOP2Rh. The number of rotatable bonds is 3. The molecule has 0 amide bonds. The van der Waals surface area contributed by atoms with Crippen LogP contribution in [0.2, 0.25) is 0 Å². The summed E-state index contributed by atoms with van der Waals surface area (Å²) in [4.78, 5) is 9.78. The number of hydrogen-bond donors (Lipinski definition) is 0. The number of carbonyl (C=O) groups excluding carboxylic acids is 1. The molecule has 2 rings (SSSR count). The summed E-state index contributed by atoms with van der Waals surface area (Å²) in [6, 6.07) is 21.2. The van der Waals surface area contributed by atoms with Crippen LogP contribution in [0, 0.1) is 0 Å². The topological polar surface area (TPSA) is 17.1 Å². The van der Waals surface area contributed by atoms with Gasteiger partial charge in [-0.05, 0) is 37.3 Å². The first-order chi connectivity index (χ1) is 10.5. The molecule has 0 aromatic heterocycles. The third-order valence-electron chi connectivity index (χ3n) is 2.57. The molecule has 0 radical (unpaired) electrons. The predicted molar refractivity (Wildman–Crippen MR) is 102 cm³/mol. The molecule has 0 aliphatic heterocycles. The number of carbonyl (C=O) groups is 1. The van der Waals surface area contributed by atoms with E-state index in [1.807, 2.05) is 0 Å². The molecule has 0 unspecified atom stereocenters. The molecule has 2 aromatic carbocycles. The van der Waals surface area contributed by atoms with E-state index in [1.54, 1.807) is 0 Å². The van der Waals surface area contributed by atoms with Crippen molar-refractivity contribution in [2.45, 2.75) is 0 Å². The van der Waals surface area contributed by atoms with Gasteiger partial charge in [-0.25, -0.2) is 0 Å². The van der Waals surface area contributed by atoms with Gasteiger partial charge in [0.15, 0.2) is 0 Å². The number of hydrogen-bond acceptors (Lipinski definition) is 1. The van der Waals surface area contributed by atoms with Crippen LogP contribution in [0.4, 0.5) is 0 Å². The molecule has 0 heterocycles.